The van der Waals surface area contributed by atoms with E-state index in [-0.39, 0.29) is 17.5 Å². The van der Waals surface area contributed by atoms with Gasteiger partial charge in [0.15, 0.2) is 4.34 Å². The lowest BCUT2D eigenvalue weighted by Crippen LogP contribution is -2.27. The van der Waals surface area contributed by atoms with Gasteiger partial charge in [-0.05, 0) is 42.0 Å². The number of benzene rings is 2. The van der Waals surface area contributed by atoms with E-state index in [1.807, 2.05) is 0 Å². The van der Waals surface area contributed by atoms with Crippen molar-refractivity contribution in [3.63, 3.8) is 0 Å². The summed E-state index contributed by atoms with van der Waals surface area (Å²) in [5.74, 6) is -2.65. The minimum absolute atomic E-state index is 0.0823. The third-order valence-corrected chi connectivity index (χ3v) is 6.49. The third kappa shape index (κ3) is 6.92. The monoisotopic (exact) mass is 470 g/mol. The second kappa shape index (κ2) is 10.7. The van der Waals surface area contributed by atoms with E-state index in [2.05, 4.69) is 15.5 Å². The molecule has 2 aromatic carbocycles. The first-order chi connectivity index (χ1) is 14.4. The maximum absolute atomic E-state index is 13.0. The Bertz CT molecular complexity index is 968. The lowest BCUT2D eigenvalue weighted by Gasteiger charge is -2.16. The van der Waals surface area contributed by atoms with Gasteiger partial charge < -0.3 is 10.2 Å². The number of halogens is 3. The minimum atomic E-state index is -2.45. The van der Waals surface area contributed by atoms with Gasteiger partial charge in [-0.3, -0.25) is 4.79 Å². The standard InChI is InChI=1S/C19H17F3N4OS3/c1-26(10-12-2-4-13(20)5-3-12)16(27)11-28-19-25-24-18(30-19)23-14-6-8-15(9-7-14)29-17(21)22/h2-9,17H,10-11H2,1H3,(H,23,24). The number of hydrogen-bond acceptors (Lipinski definition) is 7. The molecule has 0 saturated heterocycles. The quantitative estimate of drug-likeness (QED) is 0.418. The molecule has 0 unspecified atom stereocenters. The van der Waals surface area contributed by atoms with Gasteiger partial charge >= 0.3 is 0 Å². The maximum Gasteiger partial charge on any atom is 0.288 e. The van der Waals surface area contributed by atoms with Crippen LogP contribution in [0.25, 0.3) is 0 Å². The van der Waals surface area contributed by atoms with Gasteiger partial charge in [-0.25, -0.2) is 4.39 Å². The normalized spacial score (nSPS) is 11.0. The average molecular weight is 471 g/mol. The fourth-order valence-corrected chi connectivity index (χ4v) is 4.56. The number of rotatable bonds is 9. The lowest BCUT2D eigenvalue weighted by atomic mass is 10.2. The van der Waals surface area contributed by atoms with Crippen molar-refractivity contribution >= 4 is 51.6 Å². The number of thioether (sulfide) groups is 2. The third-order valence-electron chi connectivity index (χ3n) is 3.82. The van der Waals surface area contributed by atoms with Crippen LogP contribution in [0.5, 0.6) is 0 Å². The summed E-state index contributed by atoms with van der Waals surface area (Å²) in [6.07, 6.45) is 0. The number of alkyl halides is 2. The summed E-state index contributed by atoms with van der Waals surface area (Å²) in [5.41, 5.74) is 1.55. The predicted octanol–water partition coefficient (Wildman–Crippen LogP) is 5.49. The van der Waals surface area contributed by atoms with E-state index in [0.717, 1.165) is 5.56 Å². The van der Waals surface area contributed by atoms with Crippen molar-refractivity contribution in [3.8, 4) is 0 Å². The molecule has 158 valence electrons. The Hall–Kier alpha value is -2.24. The first kappa shape index (κ1) is 22.4. The molecule has 1 N–H and O–H groups in total. The van der Waals surface area contributed by atoms with Crippen molar-refractivity contribution in [1.82, 2.24) is 15.1 Å². The Morgan fingerprint density at radius 1 is 1.13 bits per heavy atom. The van der Waals surface area contributed by atoms with Crippen LogP contribution in [0.3, 0.4) is 0 Å². The molecule has 0 bridgehead atoms. The average Bonchev–Trinajstić information content (AvgIpc) is 3.16. The summed E-state index contributed by atoms with van der Waals surface area (Å²) < 4.78 is 38.3. The molecule has 0 aliphatic rings. The highest BCUT2D eigenvalue weighted by atomic mass is 32.2. The highest BCUT2D eigenvalue weighted by Crippen LogP contribution is 2.30. The first-order valence-corrected chi connectivity index (χ1v) is 11.3. The fourth-order valence-electron chi connectivity index (χ4n) is 2.35. The largest absolute Gasteiger partial charge is 0.341 e. The van der Waals surface area contributed by atoms with Gasteiger partial charge in [0.2, 0.25) is 11.0 Å². The Balaban J connectivity index is 1.47. The Morgan fingerprint density at radius 2 is 1.83 bits per heavy atom. The number of nitrogens with one attached hydrogen (secondary N) is 1. The van der Waals surface area contributed by atoms with Gasteiger partial charge in [0.05, 0.1) is 5.75 Å². The molecule has 0 fully saturated rings. The highest BCUT2D eigenvalue weighted by molar-refractivity contribution is 8.01. The van der Waals surface area contributed by atoms with Gasteiger partial charge in [0, 0.05) is 24.2 Å². The molecule has 1 amide bonds. The van der Waals surface area contributed by atoms with E-state index in [1.54, 1.807) is 48.3 Å². The number of carbonyl (C=O) groups excluding carboxylic acids is 1. The predicted molar refractivity (Wildman–Crippen MR) is 115 cm³/mol. The summed E-state index contributed by atoms with van der Waals surface area (Å²) in [4.78, 5) is 14.4. The van der Waals surface area contributed by atoms with Crippen LogP contribution in [0.2, 0.25) is 0 Å². The second-order valence-corrected chi connectivity index (χ2v) is 9.33. The van der Waals surface area contributed by atoms with E-state index in [1.165, 1.54) is 35.2 Å². The van der Waals surface area contributed by atoms with Crippen LogP contribution in [0, 0.1) is 5.82 Å². The van der Waals surface area contributed by atoms with E-state index in [0.29, 0.717) is 38.4 Å². The molecule has 5 nitrogen and oxygen atoms in total. The molecule has 0 aliphatic carbocycles. The summed E-state index contributed by atoms with van der Waals surface area (Å²) in [6.45, 7) is 0.391. The van der Waals surface area contributed by atoms with Crippen LogP contribution in [-0.2, 0) is 11.3 Å². The molecule has 11 heteroatoms. The molecule has 3 aromatic rings. The number of hydrogen-bond donors (Lipinski definition) is 1. The number of amides is 1. The smallest absolute Gasteiger partial charge is 0.288 e. The van der Waals surface area contributed by atoms with Crippen molar-refractivity contribution in [2.24, 2.45) is 0 Å². The molecule has 0 radical (unpaired) electrons. The van der Waals surface area contributed by atoms with Gasteiger partial charge in [0.1, 0.15) is 5.82 Å². The summed E-state index contributed by atoms with van der Waals surface area (Å²) in [7, 11) is 1.69. The van der Waals surface area contributed by atoms with Crippen LogP contribution < -0.4 is 5.32 Å². The number of anilines is 2. The Labute approximate surface area is 184 Å². The molecule has 30 heavy (non-hydrogen) atoms. The lowest BCUT2D eigenvalue weighted by molar-refractivity contribution is -0.127. The number of carbonyl (C=O) groups is 1. The summed E-state index contributed by atoms with van der Waals surface area (Å²) in [5, 5.41) is 11.7. The van der Waals surface area contributed by atoms with E-state index in [4.69, 9.17) is 0 Å². The Kier molecular flexibility index (Phi) is 8.00. The molecular formula is C19H17F3N4OS3. The van der Waals surface area contributed by atoms with Gasteiger partial charge in [-0.1, -0.05) is 47.0 Å². The van der Waals surface area contributed by atoms with E-state index in [9.17, 15) is 18.0 Å². The summed E-state index contributed by atoms with van der Waals surface area (Å²) in [6, 6.07) is 12.6. The zero-order valence-electron chi connectivity index (χ0n) is 15.7. The fraction of sp³-hybridized carbons (Fsp3) is 0.211. The van der Waals surface area contributed by atoms with Crippen molar-refractivity contribution in [2.45, 2.75) is 21.5 Å². The number of aromatic nitrogens is 2. The van der Waals surface area contributed by atoms with Crippen molar-refractivity contribution in [1.29, 1.82) is 0 Å². The van der Waals surface area contributed by atoms with Crippen LogP contribution in [0.1, 0.15) is 5.56 Å². The molecule has 1 aromatic heterocycles. The minimum Gasteiger partial charge on any atom is -0.341 e. The van der Waals surface area contributed by atoms with Gasteiger partial charge in [-0.15, -0.1) is 10.2 Å². The number of nitrogens with zero attached hydrogens (tertiary/aromatic N) is 3. The van der Waals surface area contributed by atoms with Crippen molar-refractivity contribution in [2.75, 3.05) is 18.1 Å². The topological polar surface area (TPSA) is 58.1 Å². The first-order valence-electron chi connectivity index (χ1n) is 8.65. The molecule has 0 saturated carbocycles. The zero-order valence-corrected chi connectivity index (χ0v) is 18.2. The van der Waals surface area contributed by atoms with E-state index < -0.39 is 5.76 Å². The van der Waals surface area contributed by atoms with Gasteiger partial charge in [-0.2, -0.15) is 8.78 Å². The molecule has 0 spiro atoms. The molecule has 3 rings (SSSR count). The highest BCUT2D eigenvalue weighted by Gasteiger charge is 2.13. The van der Waals surface area contributed by atoms with Gasteiger partial charge in [0.25, 0.3) is 5.76 Å². The van der Waals surface area contributed by atoms with Crippen LogP contribution in [0.4, 0.5) is 24.0 Å². The van der Waals surface area contributed by atoms with Crippen molar-refractivity contribution < 1.29 is 18.0 Å². The second-order valence-electron chi connectivity index (χ2n) is 6.07. The molecule has 0 atom stereocenters. The van der Waals surface area contributed by atoms with Crippen molar-refractivity contribution in [3.05, 3.63) is 59.9 Å². The summed E-state index contributed by atoms with van der Waals surface area (Å²) >= 11 is 3.06. The van der Waals surface area contributed by atoms with Crippen LogP contribution in [0.15, 0.2) is 57.8 Å². The molecular weight excluding hydrogens is 453 g/mol. The molecule has 1 heterocycles. The SMILES string of the molecule is CN(Cc1ccc(F)cc1)C(=O)CSc1nnc(Nc2ccc(SC(F)F)cc2)s1. The van der Waals surface area contributed by atoms with E-state index >= 15 is 0 Å². The van der Waals surface area contributed by atoms with Crippen LogP contribution in [-0.4, -0.2) is 39.6 Å². The molecule has 0 aliphatic heterocycles. The zero-order chi connectivity index (χ0) is 21.5. The van der Waals surface area contributed by atoms with Crippen LogP contribution >= 0.6 is 34.9 Å². The maximum atomic E-state index is 13.0. The Morgan fingerprint density at radius 3 is 2.50 bits per heavy atom.